The average molecular weight is 325 g/mol. The summed E-state index contributed by atoms with van der Waals surface area (Å²) in [5.74, 6) is -0.773. The van der Waals surface area contributed by atoms with E-state index in [1.165, 1.54) is 0 Å². The number of hydrogen-bond acceptors (Lipinski definition) is 4. The number of para-hydroxylation sites is 1. The number of aromatic nitrogens is 2. The molecule has 24 heavy (non-hydrogen) atoms. The molecule has 1 heterocycles. The van der Waals surface area contributed by atoms with Crippen LogP contribution in [0.15, 0.2) is 47.3 Å². The van der Waals surface area contributed by atoms with Gasteiger partial charge in [-0.25, -0.2) is 9.59 Å². The first kappa shape index (κ1) is 15.5. The highest BCUT2D eigenvalue weighted by atomic mass is 16.5. The first-order valence-corrected chi connectivity index (χ1v) is 7.38. The van der Waals surface area contributed by atoms with Crippen LogP contribution in [0.2, 0.25) is 0 Å². The third-order valence-electron chi connectivity index (χ3n) is 3.45. The average Bonchev–Trinajstić information content (AvgIpc) is 2.95. The van der Waals surface area contributed by atoms with Crippen molar-refractivity contribution in [3.63, 3.8) is 0 Å². The summed E-state index contributed by atoms with van der Waals surface area (Å²) in [6, 6.07) is 11.4. The van der Waals surface area contributed by atoms with Crippen LogP contribution in [0.3, 0.4) is 0 Å². The predicted octanol–water partition coefficient (Wildman–Crippen LogP) is 2.29. The third-order valence-corrected chi connectivity index (χ3v) is 3.45. The molecule has 0 spiro atoms. The number of ether oxygens (including phenoxy) is 1. The van der Waals surface area contributed by atoms with Crippen molar-refractivity contribution in [1.82, 2.24) is 9.97 Å². The van der Waals surface area contributed by atoms with Crippen molar-refractivity contribution in [1.29, 1.82) is 0 Å². The molecule has 0 unspecified atom stereocenters. The number of anilines is 1. The fourth-order valence-corrected chi connectivity index (χ4v) is 2.35. The van der Waals surface area contributed by atoms with E-state index in [0.717, 1.165) is 0 Å². The lowest BCUT2D eigenvalue weighted by Crippen LogP contribution is -2.13. The van der Waals surface area contributed by atoms with Gasteiger partial charge in [-0.15, -0.1) is 0 Å². The maximum atomic E-state index is 12.4. The fraction of sp³-hybridized carbons (Fsp3) is 0.118. The van der Waals surface area contributed by atoms with Gasteiger partial charge in [-0.1, -0.05) is 6.07 Å². The number of nitrogens with one attached hydrogen (secondary N) is 3. The van der Waals surface area contributed by atoms with Gasteiger partial charge < -0.3 is 20.0 Å². The van der Waals surface area contributed by atoms with Gasteiger partial charge in [0.05, 0.1) is 28.8 Å². The number of hydrogen-bond donors (Lipinski definition) is 3. The van der Waals surface area contributed by atoms with Gasteiger partial charge in [0, 0.05) is 5.69 Å². The van der Waals surface area contributed by atoms with Crippen LogP contribution in [-0.2, 0) is 4.74 Å². The lowest BCUT2D eigenvalue weighted by atomic mass is 10.1. The van der Waals surface area contributed by atoms with Crippen LogP contribution in [0.4, 0.5) is 5.69 Å². The molecule has 0 saturated heterocycles. The van der Waals surface area contributed by atoms with Crippen LogP contribution in [-0.4, -0.2) is 28.5 Å². The zero-order valence-electron chi connectivity index (χ0n) is 12.9. The summed E-state index contributed by atoms with van der Waals surface area (Å²) < 4.78 is 4.91. The topological polar surface area (TPSA) is 104 Å². The molecule has 0 aliphatic carbocycles. The third kappa shape index (κ3) is 3.05. The molecule has 7 heteroatoms. The number of rotatable bonds is 4. The Hall–Kier alpha value is -3.35. The van der Waals surface area contributed by atoms with E-state index in [4.69, 9.17) is 4.74 Å². The van der Waals surface area contributed by atoms with Crippen LogP contribution in [0.1, 0.15) is 27.6 Å². The van der Waals surface area contributed by atoms with Crippen LogP contribution >= 0.6 is 0 Å². The van der Waals surface area contributed by atoms with Gasteiger partial charge in [0.1, 0.15) is 0 Å². The van der Waals surface area contributed by atoms with Crippen LogP contribution in [0, 0.1) is 0 Å². The summed E-state index contributed by atoms with van der Waals surface area (Å²) in [6.07, 6.45) is 0. The van der Waals surface area contributed by atoms with Gasteiger partial charge >= 0.3 is 11.7 Å². The number of esters is 1. The normalized spacial score (nSPS) is 10.5. The molecule has 7 nitrogen and oxygen atoms in total. The molecule has 0 radical (unpaired) electrons. The van der Waals surface area contributed by atoms with E-state index in [0.29, 0.717) is 34.5 Å². The SMILES string of the molecule is CCOC(=O)c1ccc(NC(=O)c2cccc3[nH]c(=O)[nH]c23)cc1. The maximum absolute atomic E-state index is 12.4. The second-order valence-corrected chi connectivity index (χ2v) is 5.06. The van der Waals surface area contributed by atoms with E-state index in [-0.39, 0.29) is 11.6 Å². The van der Waals surface area contributed by atoms with Crippen molar-refractivity contribution in [2.45, 2.75) is 6.92 Å². The van der Waals surface area contributed by atoms with E-state index < -0.39 is 5.97 Å². The summed E-state index contributed by atoms with van der Waals surface area (Å²) in [6.45, 7) is 2.04. The van der Waals surface area contributed by atoms with E-state index in [2.05, 4.69) is 15.3 Å². The van der Waals surface area contributed by atoms with Gasteiger partial charge in [-0.3, -0.25) is 4.79 Å². The zero-order chi connectivity index (χ0) is 17.1. The Balaban J connectivity index is 1.81. The van der Waals surface area contributed by atoms with E-state index >= 15 is 0 Å². The Bertz CT molecular complexity index is 954. The van der Waals surface area contributed by atoms with Gasteiger partial charge in [0.25, 0.3) is 5.91 Å². The zero-order valence-corrected chi connectivity index (χ0v) is 12.9. The molecule has 0 aliphatic rings. The van der Waals surface area contributed by atoms with Crippen LogP contribution < -0.4 is 11.0 Å². The molecule has 3 aromatic rings. The largest absolute Gasteiger partial charge is 0.462 e. The maximum Gasteiger partial charge on any atom is 0.338 e. The monoisotopic (exact) mass is 325 g/mol. The number of amides is 1. The number of carbonyl (C=O) groups excluding carboxylic acids is 2. The second kappa shape index (κ2) is 6.41. The highest BCUT2D eigenvalue weighted by molar-refractivity contribution is 6.11. The van der Waals surface area contributed by atoms with Gasteiger partial charge in [0.15, 0.2) is 0 Å². The number of fused-ring (bicyclic) bond motifs is 1. The highest BCUT2D eigenvalue weighted by Crippen LogP contribution is 2.16. The summed E-state index contributed by atoms with van der Waals surface area (Å²) in [5.41, 5.74) is 1.92. The Kier molecular flexibility index (Phi) is 4.15. The summed E-state index contributed by atoms with van der Waals surface area (Å²) in [7, 11) is 0. The fourth-order valence-electron chi connectivity index (χ4n) is 2.35. The van der Waals surface area contributed by atoms with Crippen LogP contribution in [0.5, 0.6) is 0 Å². The number of benzene rings is 2. The molecule has 3 rings (SSSR count). The van der Waals surface area contributed by atoms with Crippen molar-refractivity contribution in [2.24, 2.45) is 0 Å². The second-order valence-electron chi connectivity index (χ2n) is 5.06. The first-order chi connectivity index (χ1) is 11.6. The molecular weight excluding hydrogens is 310 g/mol. The Labute approximate surface area is 136 Å². The molecule has 0 aliphatic heterocycles. The van der Waals surface area contributed by atoms with E-state index in [1.807, 2.05) is 0 Å². The van der Waals surface area contributed by atoms with Gasteiger partial charge in [-0.2, -0.15) is 0 Å². The molecule has 1 amide bonds. The summed E-state index contributed by atoms with van der Waals surface area (Å²) >= 11 is 0. The quantitative estimate of drug-likeness (QED) is 0.640. The molecular formula is C17H15N3O4. The molecule has 0 bridgehead atoms. The minimum Gasteiger partial charge on any atom is -0.462 e. The Morgan fingerprint density at radius 1 is 1.08 bits per heavy atom. The summed E-state index contributed by atoms with van der Waals surface area (Å²) in [4.78, 5) is 40.6. The van der Waals surface area contributed by atoms with Crippen molar-refractivity contribution >= 4 is 28.6 Å². The van der Waals surface area contributed by atoms with Crippen molar-refractivity contribution in [2.75, 3.05) is 11.9 Å². The molecule has 0 fully saturated rings. The first-order valence-electron chi connectivity index (χ1n) is 7.38. The van der Waals surface area contributed by atoms with Crippen molar-refractivity contribution in [3.05, 3.63) is 64.1 Å². The van der Waals surface area contributed by atoms with Crippen molar-refractivity contribution < 1.29 is 14.3 Å². The number of imidazole rings is 1. The molecule has 2 aromatic carbocycles. The predicted molar refractivity (Wildman–Crippen MR) is 89.3 cm³/mol. The molecule has 3 N–H and O–H groups in total. The van der Waals surface area contributed by atoms with E-state index in [9.17, 15) is 14.4 Å². The molecule has 122 valence electrons. The van der Waals surface area contributed by atoms with Crippen molar-refractivity contribution in [3.8, 4) is 0 Å². The minimum atomic E-state index is -0.412. The number of H-pyrrole nitrogens is 2. The van der Waals surface area contributed by atoms with Gasteiger partial charge in [0.2, 0.25) is 0 Å². The minimum absolute atomic E-state index is 0.302. The standard InChI is InChI=1S/C17H15N3O4/c1-2-24-16(22)10-6-8-11(9-7-10)18-15(21)12-4-3-5-13-14(12)20-17(23)19-13/h3-9H,2H2,1H3,(H,18,21)(H2,19,20,23). The lowest BCUT2D eigenvalue weighted by Gasteiger charge is -2.07. The molecule has 0 saturated carbocycles. The highest BCUT2D eigenvalue weighted by Gasteiger charge is 2.13. The number of carbonyl (C=O) groups is 2. The summed E-state index contributed by atoms with van der Waals surface area (Å²) in [5, 5.41) is 2.73. The van der Waals surface area contributed by atoms with Crippen LogP contribution in [0.25, 0.3) is 11.0 Å². The molecule has 0 atom stereocenters. The van der Waals surface area contributed by atoms with E-state index in [1.54, 1.807) is 49.4 Å². The van der Waals surface area contributed by atoms with Gasteiger partial charge in [-0.05, 0) is 43.3 Å². The number of aromatic amines is 2. The molecule has 1 aromatic heterocycles. The Morgan fingerprint density at radius 2 is 1.83 bits per heavy atom. The lowest BCUT2D eigenvalue weighted by molar-refractivity contribution is 0.0526. The smallest absolute Gasteiger partial charge is 0.338 e. The Morgan fingerprint density at radius 3 is 2.54 bits per heavy atom.